The quantitative estimate of drug-likeness (QED) is 0.410. The Labute approximate surface area is 141 Å². The van der Waals surface area contributed by atoms with Crippen LogP contribution in [0.5, 0.6) is 0 Å². The zero-order valence-corrected chi connectivity index (χ0v) is 15.0. The number of rotatable bonds is 11. The fourth-order valence-electron chi connectivity index (χ4n) is 3.17. The molecular weight excluding hydrogens is 292 g/mol. The third-order valence-corrected chi connectivity index (χ3v) is 4.56. The molecule has 1 rings (SSSR count). The number of hydrogen-bond donors (Lipinski definition) is 0. The maximum Gasteiger partial charge on any atom is 0.309 e. The normalized spacial score (nSPS) is 21.0. The standard InChI is InChI=1S/C19H34O4/c1-3-5-6-7-8-11-15-23-19(21)17-13-10-9-12-16(17)18(20)22-14-4-2/h16-17H,3-15H2,1-2H3. The van der Waals surface area contributed by atoms with Gasteiger partial charge in [0.15, 0.2) is 0 Å². The lowest BCUT2D eigenvalue weighted by molar-refractivity contribution is -0.163. The SMILES string of the molecule is CCCCCCCCOC(=O)C1CCCCC1C(=O)OCCC. The van der Waals surface area contributed by atoms with Crippen molar-refractivity contribution in [2.24, 2.45) is 11.8 Å². The summed E-state index contributed by atoms with van der Waals surface area (Å²) in [6.45, 7) is 5.10. The van der Waals surface area contributed by atoms with E-state index in [1.807, 2.05) is 6.92 Å². The van der Waals surface area contributed by atoms with Crippen LogP contribution in [0.1, 0.15) is 84.5 Å². The molecule has 1 saturated carbocycles. The van der Waals surface area contributed by atoms with Gasteiger partial charge in [-0.3, -0.25) is 9.59 Å². The Morgan fingerprint density at radius 3 is 1.83 bits per heavy atom. The van der Waals surface area contributed by atoms with Crippen molar-refractivity contribution in [1.29, 1.82) is 0 Å². The molecule has 1 aliphatic rings. The summed E-state index contributed by atoms with van der Waals surface area (Å²) < 4.78 is 10.7. The van der Waals surface area contributed by atoms with E-state index in [0.29, 0.717) is 13.2 Å². The molecular formula is C19H34O4. The van der Waals surface area contributed by atoms with Gasteiger partial charge in [0.05, 0.1) is 25.0 Å². The Hall–Kier alpha value is -1.06. The van der Waals surface area contributed by atoms with E-state index in [9.17, 15) is 9.59 Å². The Balaban J connectivity index is 2.29. The minimum absolute atomic E-state index is 0.197. The first-order valence-corrected chi connectivity index (χ1v) is 9.54. The number of ether oxygens (including phenoxy) is 2. The van der Waals surface area contributed by atoms with Gasteiger partial charge in [0.2, 0.25) is 0 Å². The second-order valence-corrected chi connectivity index (χ2v) is 6.60. The second-order valence-electron chi connectivity index (χ2n) is 6.60. The highest BCUT2D eigenvalue weighted by molar-refractivity contribution is 5.82. The minimum atomic E-state index is -0.299. The average Bonchev–Trinajstić information content (AvgIpc) is 2.58. The highest BCUT2D eigenvalue weighted by Gasteiger charge is 2.37. The summed E-state index contributed by atoms with van der Waals surface area (Å²) in [4.78, 5) is 24.4. The van der Waals surface area contributed by atoms with Crippen LogP contribution in [-0.4, -0.2) is 25.2 Å². The first-order chi connectivity index (χ1) is 11.2. The second kappa shape index (κ2) is 12.4. The molecule has 0 radical (unpaired) electrons. The van der Waals surface area contributed by atoms with Gasteiger partial charge in [-0.2, -0.15) is 0 Å². The van der Waals surface area contributed by atoms with Crippen LogP contribution in [-0.2, 0) is 19.1 Å². The lowest BCUT2D eigenvalue weighted by atomic mass is 9.79. The molecule has 2 unspecified atom stereocenters. The van der Waals surface area contributed by atoms with Crippen molar-refractivity contribution in [3.8, 4) is 0 Å². The van der Waals surface area contributed by atoms with Crippen molar-refractivity contribution in [3.05, 3.63) is 0 Å². The van der Waals surface area contributed by atoms with Gasteiger partial charge < -0.3 is 9.47 Å². The molecule has 0 spiro atoms. The maximum atomic E-state index is 12.3. The molecule has 1 aliphatic carbocycles. The zero-order chi connectivity index (χ0) is 16.9. The number of carbonyl (C=O) groups excluding carboxylic acids is 2. The highest BCUT2D eigenvalue weighted by Crippen LogP contribution is 2.32. The molecule has 0 N–H and O–H groups in total. The maximum absolute atomic E-state index is 12.3. The van der Waals surface area contributed by atoms with E-state index >= 15 is 0 Å². The molecule has 0 aromatic heterocycles. The van der Waals surface area contributed by atoms with Gasteiger partial charge in [0, 0.05) is 0 Å². The number of esters is 2. The van der Waals surface area contributed by atoms with Gasteiger partial charge in [-0.25, -0.2) is 0 Å². The summed E-state index contributed by atoms with van der Waals surface area (Å²) in [6.07, 6.45) is 11.3. The predicted molar refractivity (Wildman–Crippen MR) is 91.0 cm³/mol. The van der Waals surface area contributed by atoms with E-state index in [2.05, 4.69) is 6.92 Å². The van der Waals surface area contributed by atoms with Gasteiger partial charge in [0.25, 0.3) is 0 Å². The molecule has 1 fully saturated rings. The first-order valence-electron chi connectivity index (χ1n) is 9.54. The monoisotopic (exact) mass is 326 g/mol. The number of hydrogen-bond acceptors (Lipinski definition) is 4. The van der Waals surface area contributed by atoms with Gasteiger partial charge >= 0.3 is 11.9 Å². The summed E-state index contributed by atoms with van der Waals surface area (Å²) in [6, 6.07) is 0. The molecule has 0 aromatic rings. The fraction of sp³-hybridized carbons (Fsp3) is 0.895. The first kappa shape index (κ1) is 20.0. The smallest absolute Gasteiger partial charge is 0.309 e. The number of unbranched alkanes of at least 4 members (excludes halogenated alkanes) is 5. The lowest BCUT2D eigenvalue weighted by Crippen LogP contribution is -2.35. The fourth-order valence-corrected chi connectivity index (χ4v) is 3.17. The summed E-state index contributed by atoms with van der Waals surface area (Å²) >= 11 is 0. The van der Waals surface area contributed by atoms with Crippen molar-refractivity contribution < 1.29 is 19.1 Å². The van der Waals surface area contributed by atoms with Crippen LogP contribution in [0.25, 0.3) is 0 Å². The lowest BCUT2D eigenvalue weighted by Gasteiger charge is -2.28. The van der Waals surface area contributed by atoms with Crippen LogP contribution in [0, 0.1) is 11.8 Å². The molecule has 4 heteroatoms. The van der Waals surface area contributed by atoms with Crippen molar-refractivity contribution in [1.82, 2.24) is 0 Å². The zero-order valence-electron chi connectivity index (χ0n) is 15.0. The van der Waals surface area contributed by atoms with Crippen molar-refractivity contribution in [2.75, 3.05) is 13.2 Å². The van der Waals surface area contributed by atoms with Crippen molar-refractivity contribution >= 4 is 11.9 Å². The van der Waals surface area contributed by atoms with E-state index in [-0.39, 0.29) is 23.8 Å². The Bertz CT molecular complexity index is 340. The van der Waals surface area contributed by atoms with Crippen molar-refractivity contribution in [2.45, 2.75) is 84.5 Å². The van der Waals surface area contributed by atoms with E-state index in [4.69, 9.17) is 9.47 Å². The van der Waals surface area contributed by atoms with Crippen LogP contribution in [0.4, 0.5) is 0 Å². The molecule has 2 atom stereocenters. The van der Waals surface area contributed by atoms with Crippen LogP contribution >= 0.6 is 0 Å². The molecule has 0 amide bonds. The summed E-state index contributed by atoms with van der Waals surface area (Å²) in [5, 5.41) is 0. The van der Waals surface area contributed by atoms with Crippen LogP contribution < -0.4 is 0 Å². The molecule has 0 heterocycles. The Kier molecular flexibility index (Phi) is 10.8. The molecule has 134 valence electrons. The Morgan fingerprint density at radius 2 is 1.26 bits per heavy atom. The topological polar surface area (TPSA) is 52.6 Å². The van der Waals surface area contributed by atoms with Crippen LogP contribution in [0.3, 0.4) is 0 Å². The third kappa shape index (κ3) is 7.85. The Morgan fingerprint density at radius 1 is 0.739 bits per heavy atom. The summed E-state index contributed by atoms with van der Waals surface area (Å²) in [7, 11) is 0. The van der Waals surface area contributed by atoms with E-state index < -0.39 is 0 Å². The van der Waals surface area contributed by atoms with Gasteiger partial charge in [-0.1, -0.05) is 58.8 Å². The van der Waals surface area contributed by atoms with E-state index in [0.717, 1.165) is 44.9 Å². The number of carbonyl (C=O) groups is 2. The molecule has 0 aliphatic heterocycles. The largest absolute Gasteiger partial charge is 0.465 e. The molecule has 0 aromatic carbocycles. The molecule has 0 bridgehead atoms. The molecule has 4 nitrogen and oxygen atoms in total. The average molecular weight is 326 g/mol. The van der Waals surface area contributed by atoms with Gasteiger partial charge in [0.1, 0.15) is 0 Å². The van der Waals surface area contributed by atoms with Gasteiger partial charge in [-0.15, -0.1) is 0 Å². The summed E-state index contributed by atoms with van der Waals surface area (Å²) in [5.74, 6) is -1.01. The van der Waals surface area contributed by atoms with E-state index in [1.165, 1.54) is 25.7 Å². The van der Waals surface area contributed by atoms with Crippen molar-refractivity contribution in [3.63, 3.8) is 0 Å². The summed E-state index contributed by atoms with van der Waals surface area (Å²) in [5.41, 5.74) is 0. The van der Waals surface area contributed by atoms with Gasteiger partial charge in [-0.05, 0) is 25.7 Å². The molecule has 0 saturated heterocycles. The predicted octanol–water partition coefficient (Wildman–Crippen LogP) is 4.65. The third-order valence-electron chi connectivity index (χ3n) is 4.56. The highest BCUT2D eigenvalue weighted by atomic mass is 16.5. The van der Waals surface area contributed by atoms with Crippen LogP contribution in [0.15, 0.2) is 0 Å². The molecule has 23 heavy (non-hydrogen) atoms. The minimum Gasteiger partial charge on any atom is -0.465 e. The van der Waals surface area contributed by atoms with Crippen LogP contribution in [0.2, 0.25) is 0 Å². The van der Waals surface area contributed by atoms with E-state index in [1.54, 1.807) is 0 Å².